The second kappa shape index (κ2) is 12.0. The average molecular weight is 504 g/mol. The molecule has 0 aromatic carbocycles. The first kappa shape index (κ1) is 25.6. The zero-order chi connectivity index (χ0) is 24.8. The van der Waals surface area contributed by atoms with E-state index in [2.05, 4.69) is 10.2 Å². The number of ether oxygens (including phenoxy) is 2. The first-order valence-electron chi connectivity index (χ1n) is 12.8. The number of carbonyl (C=O) groups excluding carboxylic acids is 2. The van der Waals surface area contributed by atoms with Crippen molar-refractivity contribution in [3.8, 4) is 0 Å². The van der Waals surface area contributed by atoms with E-state index in [1.54, 1.807) is 11.8 Å². The van der Waals surface area contributed by atoms with Gasteiger partial charge in [0.25, 0.3) is 5.91 Å². The van der Waals surface area contributed by atoms with Crippen LogP contribution in [0.5, 0.6) is 0 Å². The molecule has 1 unspecified atom stereocenters. The van der Waals surface area contributed by atoms with E-state index in [1.165, 1.54) is 0 Å². The summed E-state index contributed by atoms with van der Waals surface area (Å²) in [4.78, 5) is 36.0. The van der Waals surface area contributed by atoms with E-state index in [4.69, 9.17) is 26.7 Å². The molecule has 0 bridgehead atoms. The number of piperazine rings is 1. The van der Waals surface area contributed by atoms with E-state index in [0.717, 1.165) is 68.4 Å². The molecule has 1 atom stereocenters. The molecular formula is C25H37N5O4S. The summed E-state index contributed by atoms with van der Waals surface area (Å²) < 4.78 is 10.8. The molecule has 4 rings (SSSR count). The molecule has 1 N–H and O–H groups in total. The summed E-state index contributed by atoms with van der Waals surface area (Å²) >= 11 is 5.63. The second-order valence-corrected chi connectivity index (χ2v) is 9.83. The van der Waals surface area contributed by atoms with E-state index in [9.17, 15) is 9.59 Å². The highest BCUT2D eigenvalue weighted by atomic mass is 32.1. The summed E-state index contributed by atoms with van der Waals surface area (Å²) in [6.45, 7) is 9.34. The van der Waals surface area contributed by atoms with E-state index in [1.807, 2.05) is 24.0 Å². The topological polar surface area (TPSA) is 87.2 Å². The minimum absolute atomic E-state index is 0.00723. The molecule has 9 nitrogen and oxygen atoms in total. The van der Waals surface area contributed by atoms with Gasteiger partial charge in [-0.3, -0.25) is 9.78 Å². The van der Waals surface area contributed by atoms with Crippen molar-refractivity contribution >= 4 is 29.3 Å². The molecule has 1 aromatic heterocycles. The zero-order valence-electron chi connectivity index (χ0n) is 20.8. The SMILES string of the molecule is CCOC(=O)N1CCN(C(=O)c2ccc(C)nc2C2CCN(C(=S)NCC3CCCO3)CC2)CC1. The Labute approximate surface area is 213 Å². The molecule has 4 heterocycles. The Morgan fingerprint density at radius 1 is 1.09 bits per heavy atom. The maximum Gasteiger partial charge on any atom is 0.409 e. The van der Waals surface area contributed by atoms with Crippen LogP contribution in [0.2, 0.25) is 0 Å². The molecule has 3 fully saturated rings. The summed E-state index contributed by atoms with van der Waals surface area (Å²) in [6, 6.07) is 3.82. The molecule has 3 aliphatic rings. The highest BCUT2D eigenvalue weighted by Crippen LogP contribution is 2.30. The average Bonchev–Trinajstić information content (AvgIpc) is 3.41. The number of amides is 2. The molecule has 10 heteroatoms. The van der Waals surface area contributed by atoms with Crippen LogP contribution < -0.4 is 5.32 Å². The van der Waals surface area contributed by atoms with Crippen LogP contribution in [0.3, 0.4) is 0 Å². The maximum absolute atomic E-state index is 13.5. The number of hydrogen-bond donors (Lipinski definition) is 1. The molecule has 192 valence electrons. The van der Waals surface area contributed by atoms with Gasteiger partial charge in [-0.2, -0.15) is 0 Å². The monoisotopic (exact) mass is 503 g/mol. The van der Waals surface area contributed by atoms with E-state index >= 15 is 0 Å². The van der Waals surface area contributed by atoms with Crippen molar-refractivity contribution in [2.24, 2.45) is 0 Å². The van der Waals surface area contributed by atoms with Gasteiger partial charge in [0.15, 0.2) is 5.11 Å². The number of aryl methyl sites for hydroxylation is 1. The number of aromatic nitrogens is 1. The number of rotatable bonds is 5. The van der Waals surface area contributed by atoms with Crippen LogP contribution in [0.1, 0.15) is 60.3 Å². The van der Waals surface area contributed by atoms with Crippen molar-refractivity contribution in [2.75, 3.05) is 59.0 Å². The van der Waals surface area contributed by atoms with Gasteiger partial charge in [-0.25, -0.2) is 4.79 Å². The summed E-state index contributed by atoms with van der Waals surface area (Å²) in [6.07, 6.45) is 3.95. The fourth-order valence-electron chi connectivity index (χ4n) is 5.02. The van der Waals surface area contributed by atoms with Gasteiger partial charge in [-0.1, -0.05) is 0 Å². The molecular weight excluding hydrogens is 466 g/mol. The standard InChI is InChI=1S/C25H37N5O4S/c1-3-33-25(32)30-14-12-28(13-15-30)23(31)21-7-6-18(2)27-22(21)19-8-10-29(11-9-19)24(35)26-17-20-5-4-16-34-20/h6-7,19-20H,3-5,8-17H2,1-2H3,(H,26,35). The molecule has 1 aromatic rings. The third-order valence-corrected chi connectivity index (χ3v) is 7.46. The van der Waals surface area contributed by atoms with Crippen molar-refractivity contribution in [1.29, 1.82) is 0 Å². The Balaban J connectivity index is 1.34. The Morgan fingerprint density at radius 3 is 2.46 bits per heavy atom. The van der Waals surface area contributed by atoms with Crippen molar-refractivity contribution in [3.63, 3.8) is 0 Å². The van der Waals surface area contributed by atoms with Crippen molar-refractivity contribution < 1.29 is 19.1 Å². The number of carbonyl (C=O) groups is 2. The summed E-state index contributed by atoms with van der Waals surface area (Å²) in [5.74, 6) is 0.207. The lowest BCUT2D eigenvalue weighted by molar-refractivity contribution is 0.0568. The van der Waals surface area contributed by atoms with Gasteiger partial charge in [0.2, 0.25) is 0 Å². The predicted octanol–water partition coefficient (Wildman–Crippen LogP) is 2.54. The van der Waals surface area contributed by atoms with Crippen molar-refractivity contribution in [2.45, 2.75) is 51.6 Å². The largest absolute Gasteiger partial charge is 0.450 e. The molecule has 3 aliphatic heterocycles. The van der Waals surface area contributed by atoms with Gasteiger partial charge in [0.05, 0.1) is 24.0 Å². The molecule has 0 aliphatic carbocycles. The minimum atomic E-state index is -0.313. The van der Waals surface area contributed by atoms with E-state index in [0.29, 0.717) is 38.3 Å². The lowest BCUT2D eigenvalue weighted by Crippen LogP contribution is -2.51. The molecule has 2 amide bonds. The number of nitrogens with zero attached hydrogens (tertiary/aromatic N) is 4. The Morgan fingerprint density at radius 2 is 1.80 bits per heavy atom. The molecule has 35 heavy (non-hydrogen) atoms. The number of hydrogen-bond acceptors (Lipinski definition) is 6. The fraction of sp³-hybridized carbons (Fsp3) is 0.680. The molecule has 0 radical (unpaired) electrons. The Hall–Kier alpha value is -2.46. The summed E-state index contributed by atoms with van der Waals surface area (Å²) in [5.41, 5.74) is 2.48. The first-order chi connectivity index (χ1) is 17.0. The molecule has 0 spiro atoms. The highest BCUT2D eigenvalue weighted by Gasteiger charge is 2.31. The van der Waals surface area contributed by atoms with E-state index < -0.39 is 0 Å². The molecule has 0 saturated carbocycles. The second-order valence-electron chi connectivity index (χ2n) is 9.45. The van der Waals surface area contributed by atoms with Crippen LogP contribution in [0.15, 0.2) is 12.1 Å². The van der Waals surface area contributed by atoms with Gasteiger partial charge < -0.3 is 29.5 Å². The zero-order valence-corrected chi connectivity index (χ0v) is 21.6. The fourth-order valence-corrected chi connectivity index (χ4v) is 5.29. The van der Waals surface area contributed by atoms with Gasteiger partial charge >= 0.3 is 6.09 Å². The number of thiocarbonyl (C=S) groups is 1. The van der Waals surface area contributed by atoms with Crippen LogP contribution >= 0.6 is 12.2 Å². The molecule has 3 saturated heterocycles. The van der Waals surface area contributed by atoms with Gasteiger partial charge in [-0.05, 0) is 63.9 Å². The number of piperidine rings is 1. The van der Waals surface area contributed by atoms with Crippen LogP contribution in [-0.4, -0.2) is 102 Å². The smallest absolute Gasteiger partial charge is 0.409 e. The van der Waals surface area contributed by atoms with Gasteiger partial charge in [-0.15, -0.1) is 0 Å². The maximum atomic E-state index is 13.5. The lowest BCUT2D eigenvalue weighted by Gasteiger charge is -2.36. The minimum Gasteiger partial charge on any atom is -0.450 e. The number of pyridine rings is 1. The van der Waals surface area contributed by atoms with Crippen LogP contribution in [0.4, 0.5) is 4.79 Å². The highest BCUT2D eigenvalue weighted by molar-refractivity contribution is 7.80. The quantitative estimate of drug-likeness (QED) is 0.614. The van der Waals surface area contributed by atoms with Crippen LogP contribution in [-0.2, 0) is 9.47 Å². The van der Waals surface area contributed by atoms with Gasteiger partial charge in [0.1, 0.15) is 0 Å². The summed E-state index contributed by atoms with van der Waals surface area (Å²) in [7, 11) is 0. The lowest BCUT2D eigenvalue weighted by atomic mass is 9.89. The predicted molar refractivity (Wildman–Crippen MR) is 137 cm³/mol. The third kappa shape index (κ3) is 6.41. The first-order valence-corrected chi connectivity index (χ1v) is 13.2. The van der Waals surface area contributed by atoms with Crippen LogP contribution in [0, 0.1) is 6.92 Å². The number of likely N-dealkylation sites (tertiary alicyclic amines) is 1. The normalized spacial score (nSPS) is 21.2. The number of nitrogens with one attached hydrogen (secondary N) is 1. The summed E-state index contributed by atoms with van der Waals surface area (Å²) in [5, 5.41) is 4.15. The van der Waals surface area contributed by atoms with E-state index in [-0.39, 0.29) is 24.0 Å². The Bertz CT molecular complexity index is 907. The van der Waals surface area contributed by atoms with Crippen molar-refractivity contribution in [3.05, 3.63) is 29.1 Å². The Kier molecular flexibility index (Phi) is 8.78. The third-order valence-electron chi connectivity index (χ3n) is 7.06. The van der Waals surface area contributed by atoms with Gasteiger partial charge in [0, 0.05) is 64.0 Å². The van der Waals surface area contributed by atoms with Crippen LogP contribution in [0.25, 0.3) is 0 Å². The van der Waals surface area contributed by atoms with Crippen molar-refractivity contribution in [1.82, 2.24) is 25.0 Å².